The van der Waals surface area contributed by atoms with Crippen molar-refractivity contribution in [2.24, 2.45) is 0 Å². The molecule has 0 aliphatic heterocycles. The maximum atomic E-state index is 4.19. The summed E-state index contributed by atoms with van der Waals surface area (Å²) < 4.78 is 1.52. The zero-order chi connectivity index (χ0) is 9.42. The van der Waals surface area contributed by atoms with Crippen molar-refractivity contribution in [1.82, 2.24) is 15.0 Å². The van der Waals surface area contributed by atoms with Gasteiger partial charge >= 0.3 is 0 Å². The first-order valence-corrected chi connectivity index (χ1v) is 5.21. The molecule has 0 saturated heterocycles. The van der Waals surface area contributed by atoms with Crippen molar-refractivity contribution in [3.63, 3.8) is 0 Å². The number of aryl methyl sites for hydroxylation is 1. The highest BCUT2D eigenvalue weighted by Crippen LogP contribution is 2.19. The fourth-order valence-corrected chi connectivity index (χ4v) is 1.86. The molecule has 0 radical (unpaired) electrons. The molecule has 5 heteroatoms. The molecule has 0 saturated carbocycles. The van der Waals surface area contributed by atoms with Crippen LogP contribution in [0.25, 0.3) is 11.0 Å². The number of aromatic nitrogens is 3. The van der Waals surface area contributed by atoms with Crippen LogP contribution in [0.3, 0.4) is 0 Å². The third-order valence-corrected chi connectivity index (χ3v) is 2.47. The van der Waals surface area contributed by atoms with Crippen LogP contribution in [-0.4, -0.2) is 15.0 Å². The largest absolute Gasteiger partial charge is 0.235 e. The van der Waals surface area contributed by atoms with Gasteiger partial charge in [-0.1, -0.05) is 0 Å². The van der Waals surface area contributed by atoms with E-state index in [2.05, 4.69) is 46.8 Å². The fraction of sp³-hybridized carbons (Fsp3) is 0.125. The molecule has 0 aromatic carbocycles. The van der Waals surface area contributed by atoms with Gasteiger partial charge in [0.05, 0.1) is 5.69 Å². The van der Waals surface area contributed by atoms with E-state index in [0.29, 0.717) is 10.4 Å². The van der Waals surface area contributed by atoms with Gasteiger partial charge in [0.15, 0.2) is 10.4 Å². The molecule has 0 unspecified atom stereocenters. The maximum Gasteiger partial charge on any atom is 0.198 e. The fourth-order valence-electron chi connectivity index (χ4n) is 1.10. The van der Waals surface area contributed by atoms with E-state index in [1.165, 1.54) is 0 Å². The van der Waals surface area contributed by atoms with Crippen molar-refractivity contribution in [2.75, 3.05) is 0 Å². The van der Waals surface area contributed by atoms with Crippen molar-refractivity contribution in [3.05, 3.63) is 27.2 Å². The lowest BCUT2D eigenvalue weighted by Crippen LogP contribution is -1.92. The van der Waals surface area contributed by atoms with Gasteiger partial charge in [0, 0.05) is 16.1 Å². The minimum Gasteiger partial charge on any atom is -0.235 e. The first kappa shape index (κ1) is 9.02. The summed E-state index contributed by atoms with van der Waals surface area (Å²) in [6.07, 6.45) is 1.72. The highest BCUT2D eigenvalue weighted by atomic mass is 79.9. The molecule has 0 atom stereocenters. The molecule has 0 N–H and O–H groups in total. The van der Waals surface area contributed by atoms with Crippen molar-refractivity contribution in [1.29, 1.82) is 0 Å². The van der Waals surface area contributed by atoms with Gasteiger partial charge in [0.1, 0.15) is 0 Å². The second-order valence-corrected chi connectivity index (χ2v) is 4.23. The number of hydrogen-bond donors (Lipinski definition) is 0. The zero-order valence-corrected chi connectivity index (χ0v) is 9.92. The van der Waals surface area contributed by atoms with E-state index in [1.807, 2.05) is 13.0 Å². The summed E-state index contributed by atoms with van der Waals surface area (Å²) in [5, 5.41) is 0.970. The SMILES string of the molecule is Cc1nc(Br)nc2ncc(Br)cc12. The molecule has 2 aromatic rings. The molecule has 0 spiro atoms. The maximum absolute atomic E-state index is 4.19. The Morgan fingerprint density at radius 1 is 1.23 bits per heavy atom. The number of halogens is 2. The van der Waals surface area contributed by atoms with Crippen LogP contribution in [0.2, 0.25) is 0 Å². The van der Waals surface area contributed by atoms with Crippen molar-refractivity contribution >= 4 is 42.9 Å². The Hall–Kier alpha value is -0.550. The molecule has 0 aliphatic rings. The second-order valence-electron chi connectivity index (χ2n) is 2.60. The van der Waals surface area contributed by atoms with Gasteiger partial charge in [-0.05, 0) is 44.8 Å². The van der Waals surface area contributed by atoms with E-state index in [0.717, 1.165) is 15.6 Å². The third kappa shape index (κ3) is 1.71. The number of fused-ring (bicyclic) bond motifs is 1. The van der Waals surface area contributed by atoms with E-state index >= 15 is 0 Å². The van der Waals surface area contributed by atoms with E-state index in [-0.39, 0.29) is 0 Å². The molecule has 2 heterocycles. The summed E-state index contributed by atoms with van der Waals surface area (Å²) in [7, 11) is 0. The van der Waals surface area contributed by atoms with Crippen LogP contribution in [0.5, 0.6) is 0 Å². The Morgan fingerprint density at radius 3 is 2.77 bits per heavy atom. The summed E-state index contributed by atoms with van der Waals surface area (Å²) in [5.74, 6) is 0. The van der Waals surface area contributed by atoms with Crippen molar-refractivity contribution in [2.45, 2.75) is 6.92 Å². The van der Waals surface area contributed by atoms with Crippen LogP contribution < -0.4 is 0 Å². The molecule has 0 fully saturated rings. The molecule has 0 amide bonds. The lowest BCUT2D eigenvalue weighted by atomic mass is 10.3. The van der Waals surface area contributed by atoms with E-state index < -0.39 is 0 Å². The number of rotatable bonds is 0. The minimum absolute atomic E-state index is 0.576. The topological polar surface area (TPSA) is 38.7 Å². The van der Waals surface area contributed by atoms with Crippen LogP contribution >= 0.6 is 31.9 Å². The number of hydrogen-bond acceptors (Lipinski definition) is 3. The first-order chi connectivity index (χ1) is 6.16. The monoisotopic (exact) mass is 301 g/mol. The highest BCUT2D eigenvalue weighted by molar-refractivity contribution is 9.10. The van der Waals surface area contributed by atoms with Crippen molar-refractivity contribution in [3.8, 4) is 0 Å². The van der Waals surface area contributed by atoms with E-state index in [1.54, 1.807) is 6.20 Å². The normalized spacial score (nSPS) is 10.7. The molecule has 2 aromatic heterocycles. The lowest BCUT2D eigenvalue weighted by Gasteiger charge is -2.00. The Balaban J connectivity index is 2.87. The second kappa shape index (κ2) is 3.31. The van der Waals surface area contributed by atoms with Gasteiger partial charge in [-0.25, -0.2) is 15.0 Å². The summed E-state index contributed by atoms with van der Waals surface area (Å²) in [5.41, 5.74) is 1.63. The van der Waals surface area contributed by atoms with Crippen molar-refractivity contribution < 1.29 is 0 Å². The first-order valence-electron chi connectivity index (χ1n) is 3.62. The van der Waals surface area contributed by atoms with Crippen LogP contribution in [0, 0.1) is 6.92 Å². The Kier molecular flexibility index (Phi) is 2.29. The average molecular weight is 303 g/mol. The molecule has 0 aliphatic carbocycles. The van der Waals surface area contributed by atoms with Gasteiger partial charge < -0.3 is 0 Å². The van der Waals surface area contributed by atoms with E-state index in [9.17, 15) is 0 Å². The Labute approximate surface area is 91.9 Å². The lowest BCUT2D eigenvalue weighted by molar-refractivity contribution is 1.08. The van der Waals surface area contributed by atoms with Gasteiger partial charge in [-0.2, -0.15) is 0 Å². The quantitative estimate of drug-likeness (QED) is 0.702. The molecule has 2 rings (SSSR count). The smallest absolute Gasteiger partial charge is 0.198 e. The molecule has 13 heavy (non-hydrogen) atoms. The minimum atomic E-state index is 0.576. The standard InChI is InChI=1S/C8H5Br2N3/c1-4-6-2-5(9)3-11-7(6)13-8(10)12-4/h2-3H,1H3. The molecule has 3 nitrogen and oxygen atoms in total. The number of pyridine rings is 1. The molecular weight excluding hydrogens is 298 g/mol. The average Bonchev–Trinajstić information content (AvgIpc) is 2.06. The predicted octanol–water partition coefficient (Wildman–Crippen LogP) is 2.86. The third-order valence-electron chi connectivity index (χ3n) is 1.68. The number of nitrogens with zero attached hydrogens (tertiary/aromatic N) is 3. The Bertz CT molecular complexity index is 470. The van der Waals surface area contributed by atoms with E-state index in [4.69, 9.17) is 0 Å². The van der Waals surface area contributed by atoms with Gasteiger partial charge in [0.25, 0.3) is 0 Å². The summed E-state index contributed by atoms with van der Waals surface area (Å²) in [6.45, 7) is 1.93. The van der Waals surface area contributed by atoms with Gasteiger partial charge in [0.2, 0.25) is 0 Å². The summed E-state index contributed by atoms with van der Waals surface area (Å²) in [4.78, 5) is 12.5. The molecular formula is C8H5Br2N3. The summed E-state index contributed by atoms with van der Waals surface area (Å²) >= 11 is 6.58. The van der Waals surface area contributed by atoms with Crippen LogP contribution in [-0.2, 0) is 0 Å². The zero-order valence-electron chi connectivity index (χ0n) is 6.75. The van der Waals surface area contributed by atoms with Crippen LogP contribution in [0.4, 0.5) is 0 Å². The molecule has 66 valence electrons. The molecule has 0 bridgehead atoms. The van der Waals surface area contributed by atoms with Gasteiger partial charge in [-0.3, -0.25) is 0 Å². The van der Waals surface area contributed by atoms with Crippen LogP contribution in [0.15, 0.2) is 21.5 Å². The summed E-state index contributed by atoms with van der Waals surface area (Å²) in [6, 6.07) is 1.96. The Morgan fingerprint density at radius 2 is 2.00 bits per heavy atom. The van der Waals surface area contributed by atoms with Crippen LogP contribution in [0.1, 0.15) is 5.69 Å². The highest BCUT2D eigenvalue weighted by Gasteiger charge is 2.03. The predicted molar refractivity (Wildman–Crippen MR) is 57.5 cm³/mol. The van der Waals surface area contributed by atoms with Gasteiger partial charge in [-0.15, -0.1) is 0 Å².